The van der Waals surface area contributed by atoms with Crippen LogP contribution in [0.5, 0.6) is 0 Å². The van der Waals surface area contributed by atoms with Crippen LogP contribution >= 0.6 is 0 Å². The van der Waals surface area contributed by atoms with Crippen LogP contribution in [0.1, 0.15) is 20.8 Å². The van der Waals surface area contributed by atoms with E-state index in [2.05, 4.69) is 0 Å². The molecule has 0 aliphatic heterocycles. The Labute approximate surface area is 71.6 Å². The highest BCUT2D eigenvalue weighted by Gasteiger charge is 2.63. The van der Waals surface area contributed by atoms with E-state index in [1.54, 1.807) is 6.92 Å². The Morgan fingerprint density at radius 3 is 2.50 bits per heavy atom. The Morgan fingerprint density at radius 2 is 1.92 bits per heavy atom. The molecule has 0 N–H and O–H groups in total. The molecular formula is C10H12O2. The molecule has 0 heterocycles. The monoisotopic (exact) mass is 164 g/mol. The van der Waals surface area contributed by atoms with Gasteiger partial charge in [-0.15, -0.1) is 0 Å². The highest BCUT2D eigenvalue weighted by molar-refractivity contribution is 6.45. The zero-order valence-electron chi connectivity index (χ0n) is 7.55. The number of ketones is 2. The molecule has 0 aromatic heterocycles. The van der Waals surface area contributed by atoms with Crippen LogP contribution < -0.4 is 0 Å². The Bertz CT molecular complexity index is 310. The fourth-order valence-electron chi connectivity index (χ4n) is 2.17. The molecule has 2 heteroatoms. The van der Waals surface area contributed by atoms with E-state index < -0.39 is 0 Å². The van der Waals surface area contributed by atoms with Gasteiger partial charge in [-0.1, -0.05) is 19.9 Å². The van der Waals surface area contributed by atoms with Crippen molar-refractivity contribution in [2.24, 2.45) is 17.3 Å². The summed E-state index contributed by atoms with van der Waals surface area (Å²) in [6.45, 7) is 5.82. The number of allylic oxidation sites excluding steroid dienone is 2. The molecule has 1 fully saturated rings. The summed E-state index contributed by atoms with van der Waals surface area (Å²) in [5.74, 6) is -0.150. The van der Waals surface area contributed by atoms with Gasteiger partial charge in [-0.25, -0.2) is 0 Å². The fraction of sp³-hybridized carbons (Fsp3) is 0.600. The van der Waals surface area contributed by atoms with Crippen LogP contribution in [0.4, 0.5) is 0 Å². The van der Waals surface area contributed by atoms with Crippen molar-refractivity contribution in [1.29, 1.82) is 0 Å². The molecule has 2 atom stereocenters. The lowest BCUT2D eigenvalue weighted by atomic mass is 9.98. The van der Waals surface area contributed by atoms with Crippen molar-refractivity contribution in [3.8, 4) is 0 Å². The summed E-state index contributed by atoms with van der Waals surface area (Å²) in [5, 5.41) is 0. The largest absolute Gasteiger partial charge is 0.290 e. The molecule has 0 amide bonds. The van der Waals surface area contributed by atoms with E-state index in [1.807, 2.05) is 19.9 Å². The quantitative estimate of drug-likeness (QED) is 0.506. The smallest absolute Gasteiger partial charge is 0.224 e. The van der Waals surface area contributed by atoms with Gasteiger partial charge in [-0.05, 0) is 23.8 Å². The van der Waals surface area contributed by atoms with E-state index >= 15 is 0 Å². The van der Waals surface area contributed by atoms with Crippen molar-refractivity contribution in [2.45, 2.75) is 20.8 Å². The van der Waals surface area contributed by atoms with Gasteiger partial charge in [0.05, 0.1) is 0 Å². The lowest BCUT2D eigenvalue weighted by Crippen LogP contribution is -2.21. The number of fused-ring (bicyclic) bond motifs is 1. The van der Waals surface area contributed by atoms with Gasteiger partial charge in [0.1, 0.15) is 0 Å². The summed E-state index contributed by atoms with van der Waals surface area (Å²) < 4.78 is 0. The molecular weight excluding hydrogens is 152 g/mol. The van der Waals surface area contributed by atoms with Crippen LogP contribution in [0.25, 0.3) is 0 Å². The van der Waals surface area contributed by atoms with Gasteiger partial charge in [0.15, 0.2) is 0 Å². The summed E-state index contributed by atoms with van der Waals surface area (Å²) in [7, 11) is 0. The number of Topliss-reactive ketones (excluding diaryl/α,β-unsaturated/α-hetero) is 2. The third-order valence-electron chi connectivity index (χ3n) is 3.20. The molecule has 12 heavy (non-hydrogen) atoms. The number of hydrogen-bond acceptors (Lipinski definition) is 2. The topological polar surface area (TPSA) is 34.1 Å². The normalized spacial score (nSPS) is 37.4. The second kappa shape index (κ2) is 1.87. The Morgan fingerprint density at radius 1 is 1.33 bits per heavy atom. The van der Waals surface area contributed by atoms with Crippen molar-refractivity contribution in [3.63, 3.8) is 0 Å². The fourth-order valence-corrected chi connectivity index (χ4v) is 2.17. The number of hydrogen-bond donors (Lipinski definition) is 0. The zero-order chi connectivity index (χ0) is 9.09. The Balaban J connectivity index is 2.42. The van der Waals surface area contributed by atoms with Gasteiger partial charge in [0.2, 0.25) is 11.6 Å². The third-order valence-corrected chi connectivity index (χ3v) is 3.20. The molecule has 0 aromatic rings. The average molecular weight is 164 g/mol. The standard InChI is InChI=1S/C10H12O2/c1-5-4-6-7(10(6,2)3)9(12)8(5)11/h4,6-7H,1-3H3. The van der Waals surface area contributed by atoms with Crippen molar-refractivity contribution >= 4 is 11.6 Å². The molecule has 2 rings (SSSR count). The minimum absolute atomic E-state index is 0.0197. The highest BCUT2D eigenvalue weighted by atomic mass is 16.2. The van der Waals surface area contributed by atoms with Gasteiger partial charge in [0, 0.05) is 5.92 Å². The summed E-state index contributed by atoms with van der Waals surface area (Å²) in [6.07, 6.45) is 1.95. The van der Waals surface area contributed by atoms with Crippen molar-refractivity contribution in [2.75, 3.05) is 0 Å². The predicted molar refractivity (Wildman–Crippen MR) is 44.5 cm³/mol. The van der Waals surface area contributed by atoms with E-state index in [0.717, 1.165) is 0 Å². The molecule has 2 unspecified atom stereocenters. The average Bonchev–Trinajstić information content (AvgIpc) is 2.49. The first kappa shape index (κ1) is 7.71. The van der Waals surface area contributed by atoms with Crippen LogP contribution in [-0.4, -0.2) is 11.6 Å². The van der Waals surface area contributed by atoms with Crippen LogP contribution in [-0.2, 0) is 9.59 Å². The van der Waals surface area contributed by atoms with Gasteiger partial charge in [0.25, 0.3) is 0 Å². The minimum Gasteiger partial charge on any atom is -0.290 e. The number of rotatable bonds is 0. The first-order valence-electron chi connectivity index (χ1n) is 4.23. The second-order valence-electron chi connectivity index (χ2n) is 4.37. The molecule has 0 aromatic carbocycles. The highest BCUT2D eigenvalue weighted by Crippen LogP contribution is 2.61. The maximum Gasteiger partial charge on any atom is 0.224 e. The Hall–Kier alpha value is -0.920. The third kappa shape index (κ3) is 0.701. The summed E-state index contributed by atoms with van der Waals surface area (Å²) in [4.78, 5) is 22.6. The zero-order valence-corrected chi connectivity index (χ0v) is 7.55. The predicted octanol–water partition coefficient (Wildman–Crippen LogP) is 1.36. The Kier molecular flexibility index (Phi) is 1.20. The van der Waals surface area contributed by atoms with Gasteiger partial charge in [-0.2, -0.15) is 0 Å². The van der Waals surface area contributed by atoms with Crippen molar-refractivity contribution in [1.82, 2.24) is 0 Å². The molecule has 2 aliphatic rings. The minimum atomic E-state index is -0.276. The van der Waals surface area contributed by atoms with Crippen LogP contribution in [0.3, 0.4) is 0 Å². The molecule has 0 spiro atoms. The van der Waals surface area contributed by atoms with E-state index in [9.17, 15) is 9.59 Å². The molecule has 0 saturated heterocycles. The summed E-state index contributed by atoms with van der Waals surface area (Å²) in [6, 6.07) is 0. The molecule has 0 radical (unpaired) electrons. The van der Waals surface area contributed by atoms with Gasteiger partial charge >= 0.3 is 0 Å². The second-order valence-corrected chi connectivity index (χ2v) is 4.37. The van der Waals surface area contributed by atoms with Gasteiger partial charge < -0.3 is 0 Å². The van der Waals surface area contributed by atoms with E-state index in [-0.39, 0.29) is 22.9 Å². The first-order valence-corrected chi connectivity index (χ1v) is 4.23. The first-order chi connectivity index (χ1) is 5.46. The van der Waals surface area contributed by atoms with Gasteiger partial charge in [-0.3, -0.25) is 9.59 Å². The van der Waals surface area contributed by atoms with Crippen molar-refractivity contribution < 1.29 is 9.59 Å². The molecule has 2 aliphatic carbocycles. The van der Waals surface area contributed by atoms with E-state index in [0.29, 0.717) is 11.5 Å². The van der Waals surface area contributed by atoms with E-state index in [4.69, 9.17) is 0 Å². The van der Waals surface area contributed by atoms with Crippen molar-refractivity contribution in [3.05, 3.63) is 11.6 Å². The lowest BCUT2D eigenvalue weighted by molar-refractivity contribution is -0.136. The van der Waals surface area contributed by atoms with E-state index in [1.165, 1.54) is 0 Å². The van der Waals surface area contributed by atoms with Crippen LogP contribution in [0, 0.1) is 17.3 Å². The summed E-state index contributed by atoms with van der Waals surface area (Å²) >= 11 is 0. The molecule has 0 bridgehead atoms. The number of carbonyl (C=O) groups excluding carboxylic acids is 2. The SMILES string of the molecule is CC1=CC2C(C(=O)C1=O)C2(C)C. The lowest BCUT2D eigenvalue weighted by Gasteiger charge is -2.03. The maximum absolute atomic E-state index is 11.4. The van der Waals surface area contributed by atoms with Crippen LogP contribution in [0.15, 0.2) is 11.6 Å². The molecule has 64 valence electrons. The molecule has 1 saturated carbocycles. The van der Waals surface area contributed by atoms with Crippen LogP contribution in [0.2, 0.25) is 0 Å². The number of carbonyl (C=O) groups is 2. The maximum atomic E-state index is 11.4. The summed E-state index contributed by atoms with van der Waals surface area (Å²) in [5.41, 5.74) is 0.664. The molecule has 2 nitrogen and oxygen atoms in total.